The lowest BCUT2D eigenvalue weighted by atomic mass is 9.90. The number of esters is 2. The topological polar surface area (TPSA) is 128 Å². The molecule has 0 fully saturated rings. The normalized spacial score (nSPS) is 13.5. The molecule has 3 rings (SSSR count). The number of rotatable bonds is 10. The molecular weight excluding hydrogens is 516 g/mol. The van der Waals surface area contributed by atoms with Gasteiger partial charge in [0.25, 0.3) is 11.8 Å². The minimum atomic E-state index is -2.45. The molecule has 0 spiro atoms. The fraction of sp³-hybridized carbons (Fsp3) is 0.367. The first-order valence-electron chi connectivity index (χ1n) is 13.0. The van der Waals surface area contributed by atoms with Gasteiger partial charge in [-0.1, -0.05) is 48.5 Å². The summed E-state index contributed by atoms with van der Waals surface area (Å²) >= 11 is 0. The molecule has 0 atom stereocenters. The molecule has 0 unspecified atom stereocenters. The maximum atomic E-state index is 13.6. The number of carbonyl (C=O) groups excluding carboxylic acids is 5. The Morgan fingerprint density at radius 1 is 0.825 bits per heavy atom. The van der Waals surface area contributed by atoms with Crippen molar-refractivity contribution >= 4 is 35.4 Å². The number of amides is 3. The highest BCUT2D eigenvalue weighted by Gasteiger charge is 2.60. The summed E-state index contributed by atoms with van der Waals surface area (Å²) in [5.74, 6) is -3.84. The van der Waals surface area contributed by atoms with Gasteiger partial charge in [0.15, 0.2) is 0 Å². The Kier molecular flexibility index (Phi) is 9.47. The van der Waals surface area contributed by atoms with E-state index in [-0.39, 0.29) is 30.9 Å². The van der Waals surface area contributed by atoms with Gasteiger partial charge in [-0.2, -0.15) is 0 Å². The van der Waals surface area contributed by atoms with Crippen LogP contribution in [0.15, 0.2) is 60.7 Å². The fourth-order valence-corrected chi connectivity index (χ4v) is 4.26. The lowest BCUT2D eigenvalue weighted by Gasteiger charge is -2.35. The molecule has 40 heavy (non-hydrogen) atoms. The molecule has 0 bridgehead atoms. The summed E-state index contributed by atoms with van der Waals surface area (Å²) in [6.45, 7) is 8.03. The lowest BCUT2D eigenvalue weighted by Crippen LogP contribution is -2.63. The van der Waals surface area contributed by atoms with E-state index in [1.165, 1.54) is 18.2 Å². The number of nitrogens with zero attached hydrogens (tertiary/aromatic N) is 1. The van der Waals surface area contributed by atoms with E-state index in [0.717, 1.165) is 0 Å². The average Bonchev–Trinajstić information content (AvgIpc) is 3.16. The van der Waals surface area contributed by atoms with E-state index in [1.807, 2.05) is 6.07 Å². The highest BCUT2D eigenvalue weighted by Crippen LogP contribution is 2.35. The SMILES string of the molecule is CCOC(=O)C(C/C=C(\CNC(=O)OC(C)(C)C)c1ccccc1)(C(=O)OCC)N1C(=O)c2ccccc2C1=O. The number of imide groups is 1. The van der Waals surface area contributed by atoms with Crippen LogP contribution >= 0.6 is 0 Å². The molecule has 3 amide bonds. The first-order valence-corrected chi connectivity index (χ1v) is 13.0. The van der Waals surface area contributed by atoms with E-state index in [4.69, 9.17) is 14.2 Å². The van der Waals surface area contributed by atoms with Gasteiger partial charge in [0.2, 0.25) is 5.54 Å². The predicted molar refractivity (Wildman–Crippen MR) is 146 cm³/mol. The monoisotopic (exact) mass is 550 g/mol. The Bertz CT molecular complexity index is 1260. The van der Waals surface area contributed by atoms with Crippen molar-refractivity contribution in [2.45, 2.75) is 52.2 Å². The number of hydrogen-bond donors (Lipinski definition) is 1. The number of fused-ring (bicyclic) bond motifs is 1. The summed E-state index contributed by atoms with van der Waals surface area (Å²) in [4.78, 5) is 67.3. The molecular formula is C30H34N2O8. The van der Waals surface area contributed by atoms with Crippen LogP contribution in [0.2, 0.25) is 0 Å². The van der Waals surface area contributed by atoms with Gasteiger partial charge in [-0.05, 0) is 57.9 Å². The van der Waals surface area contributed by atoms with Crippen LogP contribution in [0.1, 0.15) is 67.3 Å². The van der Waals surface area contributed by atoms with Crippen molar-refractivity contribution in [1.29, 1.82) is 0 Å². The minimum absolute atomic E-state index is 0.0389. The summed E-state index contributed by atoms with van der Waals surface area (Å²) in [6, 6.07) is 15.0. The van der Waals surface area contributed by atoms with Gasteiger partial charge in [-0.3, -0.25) is 9.59 Å². The molecule has 1 N–H and O–H groups in total. The molecule has 212 valence electrons. The lowest BCUT2D eigenvalue weighted by molar-refractivity contribution is -0.171. The standard InChI is InChI=1S/C30H34N2O8/c1-6-38-26(35)30(27(36)39-7-2,32-24(33)22-15-11-12-16-23(22)25(32)34)18-17-21(20-13-9-8-10-14-20)19-31-28(37)40-29(3,4)5/h8-17H,6-7,18-19H2,1-5H3,(H,31,37)/b21-17+. The van der Waals surface area contributed by atoms with E-state index in [9.17, 15) is 24.0 Å². The van der Waals surface area contributed by atoms with Crippen LogP contribution in [-0.2, 0) is 23.8 Å². The maximum Gasteiger partial charge on any atom is 0.407 e. The second-order valence-electron chi connectivity index (χ2n) is 9.95. The zero-order valence-corrected chi connectivity index (χ0v) is 23.3. The Morgan fingerprint density at radius 2 is 1.32 bits per heavy atom. The number of benzene rings is 2. The zero-order valence-electron chi connectivity index (χ0n) is 23.3. The number of nitrogens with one attached hydrogen (secondary N) is 1. The molecule has 1 aliphatic heterocycles. The van der Waals surface area contributed by atoms with Crippen molar-refractivity contribution in [2.75, 3.05) is 19.8 Å². The Hall–Kier alpha value is -4.47. The summed E-state index contributed by atoms with van der Waals surface area (Å²) < 4.78 is 15.9. The van der Waals surface area contributed by atoms with Crippen molar-refractivity contribution < 1.29 is 38.2 Å². The van der Waals surface area contributed by atoms with Gasteiger partial charge in [0, 0.05) is 13.0 Å². The quantitative estimate of drug-likeness (QED) is 0.202. The van der Waals surface area contributed by atoms with E-state index >= 15 is 0 Å². The molecule has 0 aliphatic carbocycles. The average molecular weight is 551 g/mol. The third kappa shape index (κ3) is 6.39. The smallest absolute Gasteiger partial charge is 0.407 e. The van der Waals surface area contributed by atoms with E-state index in [0.29, 0.717) is 16.0 Å². The van der Waals surface area contributed by atoms with Crippen molar-refractivity contribution in [1.82, 2.24) is 10.2 Å². The van der Waals surface area contributed by atoms with Gasteiger partial charge < -0.3 is 19.5 Å². The van der Waals surface area contributed by atoms with Crippen molar-refractivity contribution in [3.8, 4) is 0 Å². The van der Waals surface area contributed by atoms with Crippen LogP contribution in [0.3, 0.4) is 0 Å². The highest BCUT2D eigenvalue weighted by molar-refractivity contribution is 6.26. The third-order valence-electron chi connectivity index (χ3n) is 6.01. The summed E-state index contributed by atoms with van der Waals surface area (Å²) in [5, 5.41) is 2.67. The van der Waals surface area contributed by atoms with E-state index in [2.05, 4.69) is 5.32 Å². The van der Waals surface area contributed by atoms with E-state index < -0.39 is 47.4 Å². The molecule has 0 saturated carbocycles. The molecule has 10 heteroatoms. The molecule has 0 radical (unpaired) electrons. The van der Waals surface area contributed by atoms with Crippen LogP contribution in [-0.4, -0.2) is 65.6 Å². The Balaban J connectivity index is 2.12. The number of alkyl carbamates (subject to hydrolysis) is 1. The molecule has 2 aromatic carbocycles. The molecule has 0 saturated heterocycles. The third-order valence-corrected chi connectivity index (χ3v) is 6.01. The zero-order chi connectivity index (χ0) is 29.5. The second kappa shape index (κ2) is 12.6. The van der Waals surface area contributed by atoms with Crippen molar-refractivity contribution in [3.05, 3.63) is 77.4 Å². The predicted octanol–water partition coefficient (Wildman–Crippen LogP) is 4.15. The van der Waals surface area contributed by atoms with Crippen molar-refractivity contribution in [2.24, 2.45) is 0 Å². The number of hydrogen-bond acceptors (Lipinski definition) is 8. The van der Waals surface area contributed by atoms with E-state index in [1.54, 1.807) is 71.0 Å². The van der Waals surface area contributed by atoms with Gasteiger partial charge in [0.1, 0.15) is 5.60 Å². The molecule has 10 nitrogen and oxygen atoms in total. The molecule has 1 aliphatic rings. The Morgan fingerprint density at radius 3 is 1.80 bits per heavy atom. The highest BCUT2D eigenvalue weighted by atomic mass is 16.6. The van der Waals surface area contributed by atoms with Gasteiger partial charge in [0.05, 0.1) is 24.3 Å². The first-order chi connectivity index (χ1) is 19.0. The van der Waals surface area contributed by atoms with Gasteiger partial charge >= 0.3 is 18.0 Å². The number of ether oxygens (including phenoxy) is 3. The minimum Gasteiger partial charge on any atom is -0.464 e. The second-order valence-corrected chi connectivity index (χ2v) is 9.95. The molecule has 1 heterocycles. The Labute approximate surface area is 233 Å². The van der Waals surface area contributed by atoms with Crippen LogP contribution in [0.4, 0.5) is 4.79 Å². The van der Waals surface area contributed by atoms with Crippen LogP contribution in [0, 0.1) is 0 Å². The van der Waals surface area contributed by atoms with Crippen LogP contribution in [0.25, 0.3) is 5.57 Å². The van der Waals surface area contributed by atoms with Gasteiger partial charge in [-0.25, -0.2) is 19.3 Å². The summed E-state index contributed by atoms with van der Waals surface area (Å²) in [7, 11) is 0. The maximum absolute atomic E-state index is 13.6. The largest absolute Gasteiger partial charge is 0.464 e. The van der Waals surface area contributed by atoms with Crippen LogP contribution < -0.4 is 5.32 Å². The fourth-order valence-electron chi connectivity index (χ4n) is 4.26. The van der Waals surface area contributed by atoms with Crippen LogP contribution in [0.5, 0.6) is 0 Å². The van der Waals surface area contributed by atoms with Gasteiger partial charge in [-0.15, -0.1) is 0 Å². The first kappa shape index (κ1) is 30.1. The molecule has 2 aromatic rings. The van der Waals surface area contributed by atoms with Crippen molar-refractivity contribution in [3.63, 3.8) is 0 Å². The molecule has 0 aromatic heterocycles. The number of carbonyl (C=O) groups is 5. The summed E-state index contributed by atoms with van der Waals surface area (Å²) in [5.41, 5.74) is -1.89. The summed E-state index contributed by atoms with van der Waals surface area (Å²) in [6.07, 6.45) is 0.386.